The molecule has 8 nitrogen and oxygen atoms in total. The Hall–Kier alpha value is -3.30. The van der Waals surface area contributed by atoms with Crippen LogP contribution in [0.1, 0.15) is 48.2 Å². The highest BCUT2D eigenvalue weighted by Crippen LogP contribution is 2.25. The van der Waals surface area contributed by atoms with Crippen LogP contribution in [0.4, 0.5) is 5.82 Å². The number of aryl methyl sites for hydroxylation is 1. The number of benzene rings is 2. The van der Waals surface area contributed by atoms with Crippen LogP contribution in [0.2, 0.25) is 0 Å². The summed E-state index contributed by atoms with van der Waals surface area (Å²) < 4.78 is 29.1. The van der Waals surface area contributed by atoms with Gasteiger partial charge in [0.1, 0.15) is 5.82 Å². The van der Waals surface area contributed by atoms with Gasteiger partial charge in [0.25, 0.3) is 0 Å². The first-order chi connectivity index (χ1) is 16.8. The second kappa shape index (κ2) is 10.5. The zero-order valence-corrected chi connectivity index (χ0v) is 20.8. The van der Waals surface area contributed by atoms with Crippen molar-refractivity contribution in [3.05, 3.63) is 77.5 Å². The van der Waals surface area contributed by atoms with Crippen LogP contribution < -0.4 is 5.32 Å². The first-order valence-corrected chi connectivity index (χ1v) is 13.2. The van der Waals surface area contributed by atoms with Crippen molar-refractivity contribution in [3.63, 3.8) is 0 Å². The molecule has 4 rings (SSSR count). The molecule has 184 valence electrons. The third kappa shape index (κ3) is 5.68. The molecule has 1 aliphatic heterocycles. The zero-order chi connectivity index (χ0) is 25.0. The van der Waals surface area contributed by atoms with Crippen molar-refractivity contribution in [1.82, 2.24) is 14.1 Å². The summed E-state index contributed by atoms with van der Waals surface area (Å²) in [7, 11) is -3.67. The number of anilines is 1. The molecule has 1 amide bonds. The molecule has 0 unspecified atom stereocenters. The van der Waals surface area contributed by atoms with E-state index in [0.717, 1.165) is 12.0 Å². The molecule has 0 saturated carbocycles. The summed E-state index contributed by atoms with van der Waals surface area (Å²) in [6.07, 6.45) is 3.50. The Morgan fingerprint density at radius 2 is 1.60 bits per heavy atom. The molecule has 0 radical (unpaired) electrons. The fourth-order valence-corrected chi connectivity index (χ4v) is 5.69. The number of carbonyl (C=O) groups excluding carboxylic acids is 2. The molecule has 1 aliphatic rings. The van der Waals surface area contributed by atoms with E-state index in [9.17, 15) is 18.0 Å². The van der Waals surface area contributed by atoms with Crippen LogP contribution in [0.5, 0.6) is 0 Å². The Kier molecular flexibility index (Phi) is 7.47. The molecule has 0 aliphatic carbocycles. The molecule has 2 aromatic carbocycles. The topological polar surface area (TPSA) is 101 Å². The molecule has 35 heavy (non-hydrogen) atoms. The Morgan fingerprint density at radius 3 is 2.20 bits per heavy atom. The number of piperidine rings is 1. The van der Waals surface area contributed by atoms with Crippen molar-refractivity contribution in [3.8, 4) is 0 Å². The molecule has 1 N–H and O–H groups in total. The van der Waals surface area contributed by atoms with Crippen molar-refractivity contribution in [2.45, 2.75) is 44.6 Å². The molecule has 0 bridgehead atoms. The smallest absolute Gasteiger partial charge is 0.243 e. The summed E-state index contributed by atoms with van der Waals surface area (Å²) in [6.45, 7) is 4.63. The van der Waals surface area contributed by atoms with E-state index >= 15 is 0 Å². The second-order valence-corrected chi connectivity index (χ2v) is 10.7. The number of carbonyl (C=O) groups is 2. The van der Waals surface area contributed by atoms with Gasteiger partial charge in [-0.15, -0.1) is 0 Å². The minimum Gasteiger partial charge on any atom is -0.311 e. The lowest BCUT2D eigenvalue weighted by atomic mass is 9.97. The van der Waals surface area contributed by atoms with Crippen LogP contribution in [0, 0.1) is 5.92 Å². The SMILES string of the molecule is CCc1ccc(Cn2nccc2NC(=O)C2CCN(S(=O)(=O)c3ccc(C(C)=O)cc3)CC2)cc1. The van der Waals surface area contributed by atoms with Crippen LogP contribution in [0.3, 0.4) is 0 Å². The van der Waals surface area contributed by atoms with E-state index < -0.39 is 10.0 Å². The van der Waals surface area contributed by atoms with Crippen LogP contribution in [-0.2, 0) is 27.8 Å². The van der Waals surface area contributed by atoms with Gasteiger partial charge in [-0.1, -0.05) is 43.3 Å². The van der Waals surface area contributed by atoms with E-state index in [1.165, 1.54) is 41.1 Å². The first kappa shape index (κ1) is 24.8. The van der Waals surface area contributed by atoms with Crippen molar-refractivity contribution < 1.29 is 18.0 Å². The quantitative estimate of drug-likeness (QED) is 0.481. The van der Waals surface area contributed by atoms with Gasteiger partial charge in [0.05, 0.1) is 17.6 Å². The lowest BCUT2D eigenvalue weighted by molar-refractivity contribution is -0.121. The van der Waals surface area contributed by atoms with Crippen LogP contribution >= 0.6 is 0 Å². The van der Waals surface area contributed by atoms with Crippen LogP contribution in [0.15, 0.2) is 65.7 Å². The normalized spacial score (nSPS) is 15.1. The maximum absolute atomic E-state index is 13.0. The Bertz CT molecular complexity index is 1290. The lowest BCUT2D eigenvalue weighted by Crippen LogP contribution is -2.41. The number of nitrogens with zero attached hydrogens (tertiary/aromatic N) is 3. The fourth-order valence-electron chi connectivity index (χ4n) is 4.22. The summed E-state index contributed by atoms with van der Waals surface area (Å²) in [4.78, 5) is 24.5. The fraction of sp³-hybridized carbons (Fsp3) is 0.346. The highest BCUT2D eigenvalue weighted by molar-refractivity contribution is 7.89. The summed E-state index contributed by atoms with van der Waals surface area (Å²) in [5, 5.41) is 7.31. The van der Waals surface area contributed by atoms with Gasteiger partial charge in [-0.2, -0.15) is 9.40 Å². The van der Waals surface area contributed by atoms with Gasteiger partial charge in [-0.25, -0.2) is 13.1 Å². The van der Waals surface area contributed by atoms with E-state index in [0.29, 0.717) is 30.8 Å². The van der Waals surface area contributed by atoms with Gasteiger partial charge in [-0.3, -0.25) is 9.59 Å². The average Bonchev–Trinajstić information content (AvgIpc) is 3.30. The number of ketones is 1. The first-order valence-electron chi connectivity index (χ1n) is 11.8. The highest BCUT2D eigenvalue weighted by atomic mass is 32.2. The number of hydrogen-bond donors (Lipinski definition) is 1. The third-order valence-corrected chi connectivity index (χ3v) is 8.37. The molecule has 9 heteroatoms. The average molecular weight is 495 g/mol. The molecule has 1 fully saturated rings. The molecule has 1 aromatic heterocycles. The highest BCUT2D eigenvalue weighted by Gasteiger charge is 2.32. The lowest BCUT2D eigenvalue weighted by Gasteiger charge is -2.30. The summed E-state index contributed by atoms with van der Waals surface area (Å²) in [6, 6.07) is 16.1. The number of hydrogen-bond acceptors (Lipinski definition) is 5. The summed E-state index contributed by atoms with van der Waals surface area (Å²) >= 11 is 0. The molecular formula is C26H30N4O4S. The molecule has 3 aromatic rings. The van der Waals surface area contributed by atoms with Gasteiger partial charge in [0.15, 0.2) is 5.78 Å². The molecular weight excluding hydrogens is 464 g/mol. The van der Waals surface area contributed by atoms with Crippen LogP contribution in [-0.4, -0.2) is 47.3 Å². The minimum atomic E-state index is -3.67. The number of nitrogens with one attached hydrogen (secondary N) is 1. The molecule has 0 atom stereocenters. The monoisotopic (exact) mass is 494 g/mol. The number of sulfonamides is 1. The standard InChI is InChI=1S/C26H30N4O4S/c1-3-20-4-6-21(7-5-20)18-30-25(12-15-27-30)28-26(32)23-13-16-29(17-14-23)35(33,34)24-10-8-22(9-11-24)19(2)31/h4-12,15,23H,3,13-14,16-18H2,1-2H3,(H,28,32). The van der Waals surface area contributed by atoms with Crippen molar-refractivity contribution in [2.24, 2.45) is 5.92 Å². The second-order valence-electron chi connectivity index (χ2n) is 8.79. The van der Waals surface area contributed by atoms with Gasteiger partial charge < -0.3 is 5.32 Å². The number of Topliss-reactive ketones (excluding diaryl/α,β-unsaturated/α-hetero) is 1. The van der Waals surface area contributed by atoms with Crippen molar-refractivity contribution in [2.75, 3.05) is 18.4 Å². The summed E-state index contributed by atoms with van der Waals surface area (Å²) in [5.41, 5.74) is 2.83. The van der Waals surface area contributed by atoms with E-state index in [-0.39, 0.29) is 35.6 Å². The number of rotatable bonds is 8. The molecule has 0 spiro atoms. The molecule has 1 saturated heterocycles. The Labute approximate surface area is 206 Å². The maximum atomic E-state index is 13.0. The maximum Gasteiger partial charge on any atom is 0.243 e. The Morgan fingerprint density at radius 1 is 0.971 bits per heavy atom. The van der Waals surface area contributed by atoms with E-state index in [1.807, 2.05) is 0 Å². The summed E-state index contributed by atoms with van der Waals surface area (Å²) in [5.74, 6) is 0.0939. The van der Waals surface area contributed by atoms with E-state index in [4.69, 9.17) is 0 Å². The largest absolute Gasteiger partial charge is 0.311 e. The van der Waals surface area contributed by atoms with Gasteiger partial charge >= 0.3 is 0 Å². The minimum absolute atomic E-state index is 0.114. The predicted octanol–water partition coefficient (Wildman–Crippen LogP) is 3.74. The Balaban J connectivity index is 1.35. The van der Waals surface area contributed by atoms with Gasteiger partial charge in [-0.05, 0) is 49.4 Å². The third-order valence-electron chi connectivity index (χ3n) is 6.45. The zero-order valence-electron chi connectivity index (χ0n) is 20.0. The number of amides is 1. The van der Waals surface area contributed by atoms with Gasteiger partial charge in [0.2, 0.25) is 15.9 Å². The van der Waals surface area contributed by atoms with Crippen LogP contribution in [0.25, 0.3) is 0 Å². The van der Waals surface area contributed by atoms with E-state index in [1.54, 1.807) is 16.9 Å². The number of aromatic nitrogens is 2. The van der Waals surface area contributed by atoms with Gasteiger partial charge in [0, 0.05) is 30.6 Å². The molecule has 2 heterocycles. The van der Waals surface area contributed by atoms with E-state index in [2.05, 4.69) is 41.6 Å². The van der Waals surface area contributed by atoms with Crippen molar-refractivity contribution >= 4 is 27.5 Å². The van der Waals surface area contributed by atoms with Crippen molar-refractivity contribution in [1.29, 1.82) is 0 Å². The predicted molar refractivity (Wildman–Crippen MR) is 134 cm³/mol.